The number of nitrogens with zero attached hydrogens (tertiary/aromatic N) is 1. The number of benzene rings is 2. The molecule has 3 rings (SSSR count). The fourth-order valence-corrected chi connectivity index (χ4v) is 3.35. The lowest BCUT2D eigenvalue weighted by Crippen LogP contribution is -2.35. The van der Waals surface area contributed by atoms with E-state index in [1.807, 2.05) is 76.2 Å². The predicted molar refractivity (Wildman–Crippen MR) is 117 cm³/mol. The first kappa shape index (κ1) is 21.4. The molecule has 0 saturated carbocycles. The highest BCUT2D eigenvalue weighted by Gasteiger charge is 2.39. The van der Waals surface area contributed by atoms with Crippen LogP contribution in [0.1, 0.15) is 33.3 Å². The molecule has 2 amide bonds. The van der Waals surface area contributed by atoms with Gasteiger partial charge in [-0.1, -0.05) is 32.0 Å². The summed E-state index contributed by atoms with van der Waals surface area (Å²) in [4.78, 5) is 27.6. The van der Waals surface area contributed by atoms with Gasteiger partial charge in [-0.15, -0.1) is 0 Å². The zero-order chi connectivity index (χ0) is 21.7. The zero-order valence-electron chi connectivity index (χ0n) is 17.9. The van der Waals surface area contributed by atoms with Gasteiger partial charge in [0, 0.05) is 18.3 Å². The summed E-state index contributed by atoms with van der Waals surface area (Å²) in [6, 6.07) is 14.6. The Balaban J connectivity index is 2.01. The third-order valence-electron chi connectivity index (χ3n) is 4.58. The molecule has 0 atom stereocenters. The number of ether oxygens (including phenoxy) is 2. The average Bonchev–Trinajstić information content (AvgIpc) is 2.93. The Labute approximate surface area is 177 Å². The van der Waals surface area contributed by atoms with Crippen LogP contribution in [0, 0.1) is 5.92 Å². The maximum Gasteiger partial charge on any atom is 0.278 e. The van der Waals surface area contributed by atoms with Crippen LogP contribution in [0.2, 0.25) is 0 Å². The Morgan fingerprint density at radius 1 is 0.900 bits per heavy atom. The topological polar surface area (TPSA) is 67.9 Å². The fraction of sp³-hybridized carbons (Fsp3) is 0.333. The third-order valence-corrected chi connectivity index (χ3v) is 4.58. The highest BCUT2D eigenvalue weighted by molar-refractivity contribution is 6.36. The first-order chi connectivity index (χ1) is 14.4. The molecular formula is C24H28N2O4. The summed E-state index contributed by atoms with van der Waals surface area (Å²) in [6.07, 6.45) is 0. The number of rotatable bonds is 9. The van der Waals surface area contributed by atoms with Crippen molar-refractivity contribution in [1.82, 2.24) is 4.90 Å². The van der Waals surface area contributed by atoms with Crippen LogP contribution in [0.3, 0.4) is 0 Å². The molecule has 0 unspecified atom stereocenters. The van der Waals surface area contributed by atoms with Gasteiger partial charge in [0.1, 0.15) is 17.2 Å². The largest absolute Gasteiger partial charge is 0.494 e. The Bertz CT molecular complexity index is 948. The summed E-state index contributed by atoms with van der Waals surface area (Å²) >= 11 is 0. The highest BCUT2D eigenvalue weighted by atomic mass is 16.5. The normalized spacial score (nSPS) is 14.0. The summed E-state index contributed by atoms with van der Waals surface area (Å²) in [5.41, 5.74) is 2.00. The molecule has 1 aliphatic heterocycles. The lowest BCUT2D eigenvalue weighted by atomic mass is 10.0. The molecule has 2 aromatic rings. The van der Waals surface area contributed by atoms with E-state index in [1.54, 1.807) is 0 Å². The molecule has 0 radical (unpaired) electrons. The molecule has 6 nitrogen and oxygen atoms in total. The number of carbonyl (C=O) groups is 2. The molecule has 1 heterocycles. The van der Waals surface area contributed by atoms with Gasteiger partial charge in [0.05, 0.1) is 18.8 Å². The van der Waals surface area contributed by atoms with Crippen molar-refractivity contribution in [3.8, 4) is 11.5 Å². The van der Waals surface area contributed by atoms with Crippen LogP contribution >= 0.6 is 0 Å². The number of hydrogen-bond donors (Lipinski definition) is 1. The second-order valence-electron chi connectivity index (χ2n) is 7.41. The lowest BCUT2D eigenvalue weighted by Gasteiger charge is -2.17. The van der Waals surface area contributed by atoms with Crippen LogP contribution in [-0.4, -0.2) is 36.5 Å². The van der Waals surface area contributed by atoms with E-state index in [0.29, 0.717) is 42.3 Å². The average molecular weight is 408 g/mol. The van der Waals surface area contributed by atoms with Gasteiger partial charge in [-0.05, 0) is 49.6 Å². The van der Waals surface area contributed by atoms with Crippen molar-refractivity contribution in [2.45, 2.75) is 27.7 Å². The zero-order valence-corrected chi connectivity index (χ0v) is 17.9. The molecule has 0 saturated heterocycles. The lowest BCUT2D eigenvalue weighted by molar-refractivity contribution is -0.137. The number of nitrogens with one attached hydrogen (secondary N) is 1. The standard InChI is InChI=1S/C24H28N2O4/c1-5-29-19-12-10-17(11-13-19)21-22(24(28)26(23(21)27)15-16(3)4)25-18-8-7-9-20(14-18)30-6-2/h7-14,16,25H,5-6,15H2,1-4H3. The van der Waals surface area contributed by atoms with Gasteiger partial charge in [0.25, 0.3) is 11.8 Å². The van der Waals surface area contributed by atoms with Crippen molar-refractivity contribution < 1.29 is 19.1 Å². The minimum absolute atomic E-state index is 0.167. The fourth-order valence-electron chi connectivity index (χ4n) is 3.35. The van der Waals surface area contributed by atoms with E-state index in [2.05, 4.69) is 5.32 Å². The third kappa shape index (κ3) is 4.64. The molecule has 6 heteroatoms. The first-order valence-electron chi connectivity index (χ1n) is 10.3. The summed E-state index contributed by atoms with van der Waals surface area (Å²) in [5, 5.41) is 3.17. The number of imide groups is 1. The quantitative estimate of drug-likeness (QED) is 0.626. The number of anilines is 1. The predicted octanol–water partition coefficient (Wildman–Crippen LogP) is 4.33. The van der Waals surface area contributed by atoms with Gasteiger partial charge in [0.15, 0.2) is 0 Å². The van der Waals surface area contributed by atoms with E-state index in [9.17, 15) is 9.59 Å². The van der Waals surface area contributed by atoms with Gasteiger partial charge in [-0.25, -0.2) is 0 Å². The van der Waals surface area contributed by atoms with Gasteiger partial charge in [-0.2, -0.15) is 0 Å². The van der Waals surface area contributed by atoms with Crippen molar-refractivity contribution in [1.29, 1.82) is 0 Å². The van der Waals surface area contributed by atoms with Crippen LogP contribution in [0.15, 0.2) is 54.2 Å². The Morgan fingerprint density at radius 3 is 2.20 bits per heavy atom. The van der Waals surface area contributed by atoms with E-state index in [4.69, 9.17) is 9.47 Å². The van der Waals surface area contributed by atoms with E-state index < -0.39 is 0 Å². The highest BCUT2D eigenvalue weighted by Crippen LogP contribution is 2.32. The smallest absolute Gasteiger partial charge is 0.278 e. The van der Waals surface area contributed by atoms with Crippen LogP contribution in [-0.2, 0) is 9.59 Å². The monoisotopic (exact) mass is 408 g/mol. The van der Waals surface area contributed by atoms with Crippen molar-refractivity contribution in [2.24, 2.45) is 5.92 Å². The molecule has 2 aromatic carbocycles. The van der Waals surface area contributed by atoms with Crippen LogP contribution in [0.5, 0.6) is 11.5 Å². The summed E-state index contributed by atoms with van der Waals surface area (Å²) in [5.74, 6) is 0.971. The van der Waals surface area contributed by atoms with Crippen molar-refractivity contribution in [3.05, 3.63) is 59.8 Å². The summed E-state index contributed by atoms with van der Waals surface area (Å²) in [7, 11) is 0. The molecule has 0 aliphatic carbocycles. The van der Waals surface area contributed by atoms with E-state index in [0.717, 1.165) is 5.75 Å². The summed E-state index contributed by atoms with van der Waals surface area (Å²) in [6.45, 7) is 9.26. The van der Waals surface area contributed by atoms with Gasteiger partial charge in [-0.3, -0.25) is 14.5 Å². The minimum Gasteiger partial charge on any atom is -0.494 e. The van der Waals surface area contributed by atoms with Crippen LogP contribution in [0.4, 0.5) is 5.69 Å². The second-order valence-corrected chi connectivity index (χ2v) is 7.41. The van der Waals surface area contributed by atoms with Crippen LogP contribution < -0.4 is 14.8 Å². The Morgan fingerprint density at radius 2 is 1.57 bits per heavy atom. The second kappa shape index (κ2) is 9.48. The molecule has 0 aromatic heterocycles. The Kier molecular flexibility index (Phi) is 6.77. The molecule has 1 N–H and O–H groups in total. The van der Waals surface area contributed by atoms with E-state index in [1.165, 1.54) is 4.90 Å². The molecular weight excluding hydrogens is 380 g/mol. The molecule has 1 aliphatic rings. The van der Waals surface area contributed by atoms with E-state index in [-0.39, 0.29) is 23.4 Å². The molecule has 30 heavy (non-hydrogen) atoms. The number of hydrogen-bond acceptors (Lipinski definition) is 5. The maximum absolute atomic E-state index is 13.2. The van der Waals surface area contributed by atoms with Crippen molar-refractivity contribution in [2.75, 3.05) is 25.1 Å². The molecule has 0 fully saturated rings. The SMILES string of the molecule is CCOc1ccc(C2=C(Nc3cccc(OCC)c3)C(=O)N(CC(C)C)C2=O)cc1. The van der Waals surface area contributed by atoms with E-state index >= 15 is 0 Å². The number of amides is 2. The van der Waals surface area contributed by atoms with Gasteiger partial charge in [0.2, 0.25) is 0 Å². The minimum atomic E-state index is -0.320. The van der Waals surface area contributed by atoms with Crippen LogP contribution in [0.25, 0.3) is 5.57 Å². The maximum atomic E-state index is 13.2. The van der Waals surface area contributed by atoms with Crippen molar-refractivity contribution >= 4 is 23.1 Å². The van der Waals surface area contributed by atoms with Crippen molar-refractivity contribution in [3.63, 3.8) is 0 Å². The molecule has 0 spiro atoms. The molecule has 0 bridgehead atoms. The molecule has 158 valence electrons. The first-order valence-corrected chi connectivity index (χ1v) is 10.3. The number of carbonyl (C=O) groups excluding carboxylic acids is 2. The Hall–Kier alpha value is -3.28. The van der Waals surface area contributed by atoms with Gasteiger partial charge >= 0.3 is 0 Å². The summed E-state index contributed by atoms with van der Waals surface area (Å²) < 4.78 is 11.0. The van der Waals surface area contributed by atoms with Gasteiger partial charge < -0.3 is 14.8 Å².